The first kappa shape index (κ1) is 20.0. The number of amides is 1. The van der Waals surface area contributed by atoms with Gasteiger partial charge in [0.05, 0.1) is 24.7 Å². The van der Waals surface area contributed by atoms with E-state index in [2.05, 4.69) is 0 Å². The summed E-state index contributed by atoms with van der Waals surface area (Å²) >= 11 is 0. The topological polar surface area (TPSA) is 65.1 Å². The van der Waals surface area contributed by atoms with Crippen molar-refractivity contribution in [2.75, 3.05) is 19.7 Å². The van der Waals surface area contributed by atoms with Crippen LogP contribution < -0.4 is 0 Å². The molecule has 2 rings (SSSR count). The molecule has 1 aliphatic carbocycles. The van der Waals surface area contributed by atoms with E-state index in [-0.39, 0.29) is 30.2 Å². The molecule has 0 atom stereocenters. The molecule has 25 heavy (non-hydrogen) atoms. The standard InChI is InChI=1S/C19H33NO5/c1-5-23-17(21)14-6-8-15(9-7-14)24-16-10-12-20(13-11-16)18(22)25-19(2,3)4/h14-16H,5-13H2,1-4H3. The van der Waals surface area contributed by atoms with Gasteiger partial charge in [-0.05, 0) is 66.2 Å². The van der Waals surface area contributed by atoms with Crippen LogP contribution in [0.15, 0.2) is 0 Å². The van der Waals surface area contributed by atoms with Crippen molar-refractivity contribution in [3.8, 4) is 0 Å². The van der Waals surface area contributed by atoms with Gasteiger partial charge in [0, 0.05) is 13.1 Å². The van der Waals surface area contributed by atoms with E-state index in [1.54, 1.807) is 4.90 Å². The molecule has 0 aromatic carbocycles. The molecule has 2 aliphatic rings. The highest BCUT2D eigenvalue weighted by Crippen LogP contribution is 2.29. The van der Waals surface area contributed by atoms with E-state index < -0.39 is 5.60 Å². The second-order valence-corrected chi connectivity index (χ2v) is 8.03. The normalized spacial score (nSPS) is 25.5. The molecule has 2 fully saturated rings. The number of hydrogen-bond acceptors (Lipinski definition) is 5. The number of piperidine rings is 1. The lowest BCUT2D eigenvalue weighted by molar-refractivity contribution is -0.150. The van der Waals surface area contributed by atoms with Gasteiger partial charge >= 0.3 is 12.1 Å². The fourth-order valence-corrected chi connectivity index (χ4v) is 3.47. The Hall–Kier alpha value is -1.30. The number of nitrogens with zero attached hydrogens (tertiary/aromatic N) is 1. The average Bonchev–Trinajstić information content (AvgIpc) is 2.55. The lowest BCUT2D eigenvalue weighted by Crippen LogP contribution is -2.44. The zero-order valence-electron chi connectivity index (χ0n) is 16.1. The summed E-state index contributed by atoms with van der Waals surface area (Å²) in [7, 11) is 0. The SMILES string of the molecule is CCOC(=O)C1CCC(OC2CCN(C(=O)OC(C)(C)C)CC2)CC1. The summed E-state index contributed by atoms with van der Waals surface area (Å²) < 4.78 is 16.7. The van der Waals surface area contributed by atoms with E-state index >= 15 is 0 Å². The maximum atomic E-state index is 12.1. The number of rotatable bonds is 4. The van der Waals surface area contributed by atoms with Crippen LogP contribution in [0.25, 0.3) is 0 Å². The van der Waals surface area contributed by atoms with Gasteiger partial charge in [-0.25, -0.2) is 4.79 Å². The highest BCUT2D eigenvalue weighted by atomic mass is 16.6. The maximum absolute atomic E-state index is 12.1. The van der Waals surface area contributed by atoms with Crippen LogP contribution >= 0.6 is 0 Å². The molecular weight excluding hydrogens is 322 g/mol. The van der Waals surface area contributed by atoms with Crippen molar-refractivity contribution in [3.05, 3.63) is 0 Å². The molecule has 0 bridgehead atoms. The molecule has 0 aromatic rings. The monoisotopic (exact) mass is 355 g/mol. The predicted molar refractivity (Wildman–Crippen MR) is 94.3 cm³/mol. The third-order valence-corrected chi connectivity index (χ3v) is 4.77. The van der Waals surface area contributed by atoms with Crippen LogP contribution in [0, 0.1) is 5.92 Å². The Morgan fingerprint density at radius 1 is 0.960 bits per heavy atom. The van der Waals surface area contributed by atoms with Gasteiger partial charge in [-0.2, -0.15) is 0 Å². The van der Waals surface area contributed by atoms with Crippen LogP contribution in [0.4, 0.5) is 4.79 Å². The number of ether oxygens (including phenoxy) is 3. The van der Waals surface area contributed by atoms with Crippen molar-refractivity contribution < 1.29 is 23.8 Å². The van der Waals surface area contributed by atoms with Crippen molar-refractivity contribution in [2.24, 2.45) is 5.92 Å². The third kappa shape index (κ3) is 6.49. The van der Waals surface area contributed by atoms with Crippen LogP contribution in [-0.4, -0.2) is 54.5 Å². The van der Waals surface area contributed by atoms with Crippen LogP contribution in [0.2, 0.25) is 0 Å². The predicted octanol–water partition coefficient (Wildman–Crippen LogP) is 3.52. The summed E-state index contributed by atoms with van der Waals surface area (Å²) in [4.78, 5) is 25.6. The minimum absolute atomic E-state index is 0.0359. The summed E-state index contributed by atoms with van der Waals surface area (Å²) in [5, 5.41) is 0. The second kappa shape index (κ2) is 8.88. The molecule has 144 valence electrons. The van der Waals surface area contributed by atoms with Crippen molar-refractivity contribution in [2.45, 2.75) is 84.0 Å². The molecule has 1 saturated heterocycles. The first-order chi connectivity index (χ1) is 11.8. The van der Waals surface area contributed by atoms with Crippen molar-refractivity contribution in [1.29, 1.82) is 0 Å². The lowest BCUT2D eigenvalue weighted by Gasteiger charge is -2.36. The number of esters is 1. The van der Waals surface area contributed by atoms with Gasteiger partial charge in [-0.1, -0.05) is 0 Å². The van der Waals surface area contributed by atoms with Gasteiger partial charge < -0.3 is 19.1 Å². The van der Waals surface area contributed by atoms with E-state index in [0.717, 1.165) is 38.5 Å². The summed E-state index contributed by atoms with van der Waals surface area (Å²) in [6.07, 6.45) is 5.40. The Morgan fingerprint density at radius 2 is 1.52 bits per heavy atom. The molecule has 1 heterocycles. The Balaban J connectivity index is 1.67. The number of hydrogen-bond donors (Lipinski definition) is 0. The molecule has 1 saturated carbocycles. The smallest absolute Gasteiger partial charge is 0.410 e. The van der Waals surface area contributed by atoms with Crippen molar-refractivity contribution >= 4 is 12.1 Å². The molecule has 6 heteroatoms. The van der Waals surface area contributed by atoms with E-state index in [0.29, 0.717) is 19.7 Å². The van der Waals surface area contributed by atoms with E-state index in [1.165, 1.54) is 0 Å². The summed E-state index contributed by atoms with van der Waals surface area (Å²) in [5.41, 5.74) is -0.456. The largest absolute Gasteiger partial charge is 0.466 e. The van der Waals surface area contributed by atoms with Crippen molar-refractivity contribution in [1.82, 2.24) is 4.90 Å². The number of carbonyl (C=O) groups is 2. The minimum Gasteiger partial charge on any atom is -0.466 e. The average molecular weight is 355 g/mol. The first-order valence-electron chi connectivity index (χ1n) is 9.58. The van der Waals surface area contributed by atoms with Gasteiger partial charge in [0.15, 0.2) is 0 Å². The van der Waals surface area contributed by atoms with Crippen LogP contribution in [0.5, 0.6) is 0 Å². The van der Waals surface area contributed by atoms with Gasteiger partial charge in [-0.3, -0.25) is 4.79 Å². The highest BCUT2D eigenvalue weighted by Gasteiger charge is 2.31. The maximum Gasteiger partial charge on any atom is 0.410 e. The van der Waals surface area contributed by atoms with E-state index in [4.69, 9.17) is 14.2 Å². The number of carbonyl (C=O) groups excluding carboxylic acids is 2. The Morgan fingerprint density at radius 3 is 2.04 bits per heavy atom. The lowest BCUT2D eigenvalue weighted by atomic mass is 9.87. The summed E-state index contributed by atoms with van der Waals surface area (Å²) in [6.45, 7) is 9.30. The fraction of sp³-hybridized carbons (Fsp3) is 0.895. The quantitative estimate of drug-likeness (QED) is 0.722. The molecule has 6 nitrogen and oxygen atoms in total. The second-order valence-electron chi connectivity index (χ2n) is 8.03. The molecule has 1 amide bonds. The van der Waals surface area contributed by atoms with E-state index in [1.807, 2.05) is 27.7 Å². The molecule has 0 N–H and O–H groups in total. The molecule has 0 unspecified atom stereocenters. The van der Waals surface area contributed by atoms with Crippen LogP contribution in [0.3, 0.4) is 0 Å². The molecular formula is C19H33NO5. The van der Waals surface area contributed by atoms with E-state index in [9.17, 15) is 9.59 Å². The highest BCUT2D eigenvalue weighted by molar-refractivity contribution is 5.72. The molecule has 0 spiro atoms. The fourth-order valence-electron chi connectivity index (χ4n) is 3.47. The Bertz CT molecular complexity index is 443. The zero-order valence-corrected chi connectivity index (χ0v) is 16.1. The summed E-state index contributed by atoms with van der Waals surface area (Å²) in [6, 6.07) is 0. The van der Waals surface area contributed by atoms with Gasteiger partial charge in [0.2, 0.25) is 0 Å². The van der Waals surface area contributed by atoms with Gasteiger partial charge in [0.1, 0.15) is 5.60 Å². The minimum atomic E-state index is -0.456. The zero-order chi connectivity index (χ0) is 18.4. The van der Waals surface area contributed by atoms with Crippen molar-refractivity contribution in [3.63, 3.8) is 0 Å². The van der Waals surface area contributed by atoms with Gasteiger partial charge in [-0.15, -0.1) is 0 Å². The van der Waals surface area contributed by atoms with Crippen LogP contribution in [0.1, 0.15) is 66.2 Å². The Kier molecular flexibility index (Phi) is 7.11. The molecule has 1 aliphatic heterocycles. The molecule has 0 aromatic heterocycles. The van der Waals surface area contributed by atoms with Crippen LogP contribution in [-0.2, 0) is 19.0 Å². The summed E-state index contributed by atoms with van der Waals surface area (Å²) in [5.74, 6) is -0.0274. The van der Waals surface area contributed by atoms with Gasteiger partial charge in [0.25, 0.3) is 0 Å². The first-order valence-corrected chi connectivity index (χ1v) is 9.58. The molecule has 0 radical (unpaired) electrons. The Labute approximate surface area is 151 Å². The number of likely N-dealkylation sites (tertiary alicyclic amines) is 1. The third-order valence-electron chi connectivity index (χ3n) is 4.77.